The zero-order valence-corrected chi connectivity index (χ0v) is 18.3. The Balaban J connectivity index is 1.44. The number of hydrogen-bond acceptors (Lipinski definition) is 4. The van der Waals surface area contributed by atoms with Crippen LogP contribution >= 0.6 is 0 Å². The number of allylic oxidation sites excluding steroid dienone is 1. The lowest BCUT2D eigenvalue weighted by molar-refractivity contribution is -0.127. The van der Waals surface area contributed by atoms with Crippen molar-refractivity contribution in [3.63, 3.8) is 0 Å². The molecule has 1 aromatic carbocycles. The number of carbonyl (C=O) groups is 1. The highest BCUT2D eigenvalue weighted by Gasteiger charge is 2.33. The minimum absolute atomic E-state index is 0.0875. The van der Waals surface area contributed by atoms with E-state index >= 15 is 0 Å². The molecule has 2 saturated heterocycles. The summed E-state index contributed by atoms with van der Waals surface area (Å²) in [5, 5.41) is 3.21. The first-order valence-corrected chi connectivity index (χ1v) is 12.0. The molecule has 2 aliphatic heterocycles. The molecule has 0 unspecified atom stereocenters. The third-order valence-corrected chi connectivity index (χ3v) is 7.81. The summed E-state index contributed by atoms with van der Waals surface area (Å²) in [6, 6.07) is 8.75. The van der Waals surface area contributed by atoms with E-state index in [0.717, 1.165) is 32.5 Å². The standard InChI is InChI=1S/C22H33N3O3S/c1-18(2)8-13-24-14-11-20(12-15-24)23-22(26)19-9-16-25(17-10-19)29(27,28)21-6-4-3-5-7-21/h3-8,19-20H,9-17H2,1-2H3,(H,23,26). The Morgan fingerprint density at radius 1 is 1.03 bits per heavy atom. The second kappa shape index (κ2) is 9.87. The highest BCUT2D eigenvalue weighted by Crippen LogP contribution is 2.24. The molecular weight excluding hydrogens is 386 g/mol. The highest BCUT2D eigenvalue weighted by atomic mass is 32.2. The van der Waals surface area contributed by atoms with Crippen molar-refractivity contribution in [3.8, 4) is 0 Å². The van der Waals surface area contributed by atoms with Crippen molar-refractivity contribution in [2.45, 2.75) is 50.5 Å². The number of nitrogens with zero attached hydrogens (tertiary/aromatic N) is 2. The van der Waals surface area contributed by atoms with Crippen LogP contribution in [0.25, 0.3) is 0 Å². The average Bonchev–Trinajstić information content (AvgIpc) is 2.74. The van der Waals surface area contributed by atoms with Gasteiger partial charge in [0.2, 0.25) is 15.9 Å². The molecule has 3 rings (SSSR count). The molecule has 0 atom stereocenters. The Labute approximate surface area is 175 Å². The summed E-state index contributed by atoms with van der Waals surface area (Å²) in [6.45, 7) is 8.02. The van der Waals surface area contributed by atoms with Gasteiger partial charge in [-0.1, -0.05) is 29.8 Å². The van der Waals surface area contributed by atoms with E-state index in [4.69, 9.17) is 0 Å². The number of sulfonamides is 1. The van der Waals surface area contributed by atoms with Crippen LogP contribution in [0.3, 0.4) is 0 Å². The third-order valence-electron chi connectivity index (χ3n) is 5.90. The first-order valence-electron chi connectivity index (χ1n) is 10.6. The molecular formula is C22H33N3O3S. The van der Waals surface area contributed by atoms with Crippen molar-refractivity contribution in [2.24, 2.45) is 5.92 Å². The van der Waals surface area contributed by atoms with E-state index in [2.05, 4.69) is 30.1 Å². The van der Waals surface area contributed by atoms with Gasteiger partial charge in [-0.25, -0.2) is 8.42 Å². The van der Waals surface area contributed by atoms with E-state index in [1.165, 1.54) is 9.88 Å². The summed E-state index contributed by atoms with van der Waals surface area (Å²) in [5.74, 6) is -0.00886. The SMILES string of the molecule is CC(C)=CCN1CCC(NC(=O)C2CCN(S(=O)(=O)c3ccccc3)CC2)CC1. The number of hydrogen-bond donors (Lipinski definition) is 1. The van der Waals surface area contributed by atoms with Crippen molar-refractivity contribution in [2.75, 3.05) is 32.7 Å². The normalized spacial score (nSPS) is 20.3. The van der Waals surface area contributed by atoms with Crippen LogP contribution in [0.2, 0.25) is 0 Å². The van der Waals surface area contributed by atoms with Crippen LogP contribution in [0.1, 0.15) is 39.5 Å². The molecule has 160 valence electrons. The number of nitrogens with one attached hydrogen (secondary N) is 1. The predicted molar refractivity (Wildman–Crippen MR) is 115 cm³/mol. The fourth-order valence-corrected chi connectivity index (χ4v) is 5.48. The molecule has 0 aliphatic carbocycles. The molecule has 2 fully saturated rings. The molecule has 1 amide bonds. The molecule has 1 N–H and O–H groups in total. The number of carbonyl (C=O) groups excluding carboxylic acids is 1. The third kappa shape index (κ3) is 5.90. The largest absolute Gasteiger partial charge is 0.353 e. The Morgan fingerprint density at radius 3 is 2.24 bits per heavy atom. The van der Waals surface area contributed by atoms with Gasteiger partial charge in [-0.15, -0.1) is 0 Å². The monoisotopic (exact) mass is 419 g/mol. The van der Waals surface area contributed by atoms with Crippen molar-refractivity contribution >= 4 is 15.9 Å². The molecule has 29 heavy (non-hydrogen) atoms. The zero-order chi connectivity index (χ0) is 20.9. The Morgan fingerprint density at radius 2 is 1.66 bits per heavy atom. The molecule has 1 aromatic rings. The summed E-state index contributed by atoms with van der Waals surface area (Å²) in [6.07, 6.45) is 5.36. The summed E-state index contributed by atoms with van der Waals surface area (Å²) < 4.78 is 27.0. The van der Waals surface area contributed by atoms with Gasteiger partial charge in [-0.3, -0.25) is 9.69 Å². The van der Waals surface area contributed by atoms with Crippen molar-refractivity contribution in [1.29, 1.82) is 0 Å². The van der Waals surface area contributed by atoms with Gasteiger partial charge in [0.25, 0.3) is 0 Å². The van der Waals surface area contributed by atoms with Crippen LogP contribution in [0.4, 0.5) is 0 Å². The molecule has 7 heteroatoms. The minimum atomic E-state index is -3.46. The molecule has 2 heterocycles. The van der Waals surface area contributed by atoms with E-state index in [9.17, 15) is 13.2 Å². The average molecular weight is 420 g/mol. The maximum absolute atomic E-state index is 12.7. The first kappa shape index (κ1) is 22.0. The van der Waals surface area contributed by atoms with Gasteiger partial charge in [0.1, 0.15) is 0 Å². The molecule has 0 radical (unpaired) electrons. The van der Waals surface area contributed by atoms with Gasteiger partial charge in [0.15, 0.2) is 0 Å². The topological polar surface area (TPSA) is 69.7 Å². The number of amides is 1. The van der Waals surface area contributed by atoms with Crippen molar-refractivity contribution in [3.05, 3.63) is 42.0 Å². The number of likely N-dealkylation sites (tertiary alicyclic amines) is 1. The van der Waals surface area contributed by atoms with Gasteiger partial charge < -0.3 is 5.32 Å². The minimum Gasteiger partial charge on any atom is -0.353 e. The van der Waals surface area contributed by atoms with Gasteiger partial charge in [0.05, 0.1) is 4.90 Å². The summed E-state index contributed by atoms with van der Waals surface area (Å²) in [4.78, 5) is 15.4. The molecule has 0 saturated carbocycles. The van der Waals surface area contributed by atoms with Crippen LogP contribution in [0.5, 0.6) is 0 Å². The maximum atomic E-state index is 12.7. The van der Waals surface area contributed by atoms with E-state index in [-0.39, 0.29) is 17.9 Å². The Hall–Kier alpha value is -1.70. The van der Waals surface area contributed by atoms with Gasteiger partial charge in [-0.2, -0.15) is 4.31 Å². The van der Waals surface area contributed by atoms with Crippen LogP contribution in [0.15, 0.2) is 46.9 Å². The Bertz CT molecular complexity index is 803. The highest BCUT2D eigenvalue weighted by molar-refractivity contribution is 7.89. The second-order valence-electron chi connectivity index (χ2n) is 8.36. The van der Waals surface area contributed by atoms with Crippen LogP contribution in [0, 0.1) is 5.92 Å². The van der Waals surface area contributed by atoms with E-state index in [1.54, 1.807) is 24.3 Å². The zero-order valence-electron chi connectivity index (χ0n) is 17.5. The van der Waals surface area contributed by atoms with Crippen molar-refractivity contribution in [1.82, 2.24) is 14.5 Å². The van der Waals surface area contributed by atoms with Gasteiger partial charge >= 0.3 is 0 Å². The lowest BCUT2D eigenvalue weighted by Gasteiger charge is -2.34. The van der Waals surface area contributed by atoms with Crippen LogP contribution < -0.4 is 5.32 Å². The first-order chi connectivity index (χ1) is 13.9. The van der Waals surface area contributed by atoms with E-state index < -0.39 is 10.0 Å². The fourth-order valence-electron chi connectivity index (χ4n) is 3.99. The van der Waals surface area contributed by atoms with E-state index in [1.807, 2.05) is 6.07 Å². The summed E-state index contributed by atoms with van der Waals surface area (Å²) in [5.41, 5.74) is 1.33. The van der Waals surface area contributed by atoms with Crippen molar-refractivity contribution < 1.29 is 13.2 Å². The van der Waals surface area contributed by atoms with Gasteiger partial charge in [0, 0.05) is 44.7 Å². The molecule has 0 spiro atoms. The maximum Gasteiger partial charge on any atom is 0.243 e. The molecule has 0 aromatic heterocycles. The predicted octanol–water partition coefficient (Wildman–Crippen LogP) is 2.63. The quantitative estimate of drug-likeness (QED) is 0.720. The number of piperidine rings is 2. The smallest absolute Gasteiger partial charge is 0.243 e. The lowest BCUT2D eigenvalue weighted by Crippen LogP contribution is -2.48. The second-order valence-corrected chi connectivity index (χ2v) is 10.3. The van der Waals surface area contributed by atoms with Crippen LogP contribution in [-0.4, -0.2) is 62.3 Å². The van der Waals surface area contributed by atoms with E-state index in [0.29, 0.717) is 30.8 Å². The lowest BCUT2D eigenvalue weighted by atomic mass is 9.96. The fraction of sp³-hybridized carbons (Fsp3) is 0.591. The number of benzene rings is 1. The van der Waals surface area contributed by atoms with Gasteiger partial charge in [-0.05, 0) is 51.7 Å². The van der Waals surface area contributed by atoms with Crippen LogP contribution in [-0.2, 0) is 14.8 Å². The Kier molecular flexibility index (Phi) is 7.49. The number of rotatable bonds is 6. The molecule has 2 aliphatic rings. The summed E-state index contributed by atoms with van der Waals surface area (Å²) in [7, 11) is -3.46. The summed E-state index contributed by atoms with van der Waals surface area (Å²) >= 11 is 0. The molecule has 6 nitrogen and oxygen atoms in total. The molecule has 0 bridgehead atoms.